The van der Waals surface area contributed by atoms with Crippen molar-refractivity contribution in [3.63, 3.8) is 0 Å². The average molecular weight is 294 g/mol. The van der Waals surface area contributed by atoms with Gasteiger partial charge in [0.1, 0.15) is 0 Å². The maximum absolute atomic E-state index is 4.27. The topological polar surface area (TPSA) is 0 Å². The van der Waals surface area contributed by atoms with Crippen LogP contribution in [0.5, 0.6) is 0 Å². The van der Waals surface area contributed by atoms with Gasteiger partial charge in [0.05, 0.1) is 0 Å². The number of rotatable bonds is 3. The maximum Gasteiger partial charge on any atom is 0.0387 e. The minimum absolute atomic E-state index is 0.0991. The van der Waals surface area contributed by atoms with Crippen LogP contribution in [0.4, 0.5) is 0 Å². The summed E-state index contributed by atoms with van der Waals surface area (Å²) in [6, 6.07) is 6.90. The predicted octanol–water partition coefficient (Wildman–Crippen LogP) is 4.57. The van der Waals surface area contributed by atoms with Crippen molar-refractivity contribution in [1.82, 2.24) is 0 Å². The lowest BCUT2D eigenvalue weighted by molar-refractivity contribution is 0.432. The van der Waals surface area contributed by atoms with Crippen molar-refractivity contribution in [2.24, 2.45) is 17.8 Å². The highest BCUT2D eigenvalue weighted by atomic mass is 28.1. The van der Waals surface area contributed by atoms with Crippen molar-refractivity contribution in [2.75, 3.05) is 0 Å². The van der Waals surface area contributed by atoms with E-state index in [4.69, 9.17) is 0 Å². The van der Waals surface area contributed by atoms with Crippen LogP contribution in [0, 0.1) is 17.8 Å². The van der Waals surface area contributed by atoms with Gasteiger partial charge in [-0.05, 0) is 58.7 Å². The Morgan fingerprint density at radius 1 is 1.14 bits per heavy atom. The molecule has 1 fully saturated rings. The van der Waals surface area contributed by atoms with Gasteiger partial charge in [0, 0.05) is 10.2 Å². The van der Waals surface area contributed by atoms with Gasteiger partial charge >= 0.3 is 0 Å². The summed E-state index contributed by atoms with van der Waals surface area (Å²) in [5.41, 5.74) is 4.60. The van der Waals surface area contributed by atoms with Crippen molar-refractivity contribution in [1.29, 1.82) is 0 Å². The monoisotopic (exact) mass is 293 g/mol. The van der Waals surface area contributed by atoms with Gasteiger partial charge in [-0.1, -0.05) is 63.3 Å². The van der Waals surface area contributed by atoms with Crippen LogP contribution in [-0.4, -0.2) is 10.2 Å². The van der Waals surface area contributed by atoms with Gasteiger partial charge in [0.2, 0.25) is 0 Å². The van der Waals surface area contributed by atoms with E-state index < -0.39 is 0 Å². The molecule has 21 heavy (non-hydrogen) atoms. The number of allylic oxidation sites excluding steroid dienone is 4. The van der Waals surface area contributed by atoms with Crippen molar-refractivity contribution < 1.29 is 0 Å². The summed E-state index contributed by atoms with van der Waals surface area (Å²) in [6.07, 6.45) is 12.7. The number of benzene rings is 1. The van der Waals surface area contributed by atoms with Crippen LogP contribution in [0.2, 0.25) is 0 Å². The van der Waals surface area contributed by atoms with Crippen LogP contribution >= 0.6 is 0 Å². The first-order valence-corrected chi connectivity index (χ1v) is 8.83. The SMILES string of the molecule is CCc1cccc(C2([Si])CC(C)C3C=CC=CC32)c1CC. The molecule has 4 unspecified atom stereocenters. The maximum atomic E-state index is 4.27. The molecule has 0 aromatic heterocycles. The lowest BCUT2D eigenvalue weighted by Crippen LogP contribution is -2.34. The molecule has 1 aromatic carbocycles. The predicted molar refractivity (Wildman–Crippen MR) is 91.7 cm³/mol. The molecule has 3 rings (SSSR count). The molecule has 0 nitrogen and oxygen atoms in total. The molecule has 0 saturated heterocycles. The molecule has 1 aromatic rings. The minimum atomic E-state index is 0.0991. The third-order valence-electron chi connectivity index (χ3n) is 5.54. The second-order valence-corrected chi connectivity index (χ2v) is 7.57. The molecule has 0 aliphatic heterocycles. The molecule has 2 aliphatic carbocycles. The highest BCUT2D eigenvalue weighted by Gasteiger charge is 2.48. The van der Waals surface area contributed by atoms with E-state index in [-0.39, 0.29) is 5.04 Å². The van der Waals surface area contributed by atoms with Crippen LogP contribution in [0.15, 0.2) is 42.5 Å². The van der Waals surface area contributed by atoms with E-state index in [0.717, 1.165) is 18.8 Å². The molecular weight excluding hydrogens is 268 g/mol. The van der Waals surface area contributed by atoms with Crippen LogP contribution in [0.3, 0.4) is 0 Å². The van der Waals surface area contributed by atoms with Gasteiger partial charge < -0.3 is 0 Å². The average Bonchev–Trinajstić information content (AvgIpc) is 2.79. The van der Waals surface area contributed by atoms with Gasteiger partial charge in [0.15, 0.2) is 0 Å². The number of fused-ring (bicyclic) bond motifs is 1. The normalized spacial score (nSPS) is 34.2. The van der Waals surface area contributed by atoms with Crippen LogP contribution in [-0.2, 0) is 17.9 Å². The van der Waals surface area contributed by atoms with Crippen LogP contribution in [0.25, 0.3) is 0 Å². The molecule has 1 heteroatoms. The molecule has 109 valence electrons. The lowest BCUT2D eigenvalue weighted by atomic mass is 9.78. The number of hydrogen-bond acceptors (Lipinski definition) is 0. The molecule has 0 amide bonds. The molecule has 3 radical (unpaired) electrons. The van der Waals surface area contributed by atoms with Crippen molar-refractivity contribution in [3.8, 4) is 0 Å². The summed E-state index contributed by atoms with van der Waals surface area (Å²) < 4.78 is 0. The van der Waals surface area contributed by atoms with E-state index in [1.165, 1.54) is 17.5 Å². The second kappa shape index (κ2) is 5.60. The molecule has 4 atom stereocenters. The van der Waals surface area contributed by atoms with Crippen molar-refractivity contribution in [3.05, 3.63) is 59.2 Å². The van der Waals surface area contributed by atoms with E-state index in [1.807, 2.05) is 0 Å². The highest BCUT2D eigenvalue weighted by Crippen LogP contribution is 2.53. The van der Waals surface area contributed by atoms with Crippen molar-refractivity contribution >= 4 is 10.2 Å². The Kier molecular flexibility index (Phi) is 3.96. The third-order valence-corrected chi connectivity index (χ3v) is 6.34. The fourth-order valence-corrected chi connectivity index (χ4v) is 5.38. The molecule has 0 N–H and O–H groups in total. The Bertz CT molecular complexity index is 584. The number of hydrogen-bond donors (Lipinski definition) is 0. The quantitative estimate of drug-likeness (QED) is 0.716. The van der Waals surface area contributed by atoms with Gasteiger partial charge in [-0.25, -0.2) is 0 Å². The van der Waals surface area contributed by atoms with Gasteiger partial charge in [0.25, 0.3) is 0 Å². The van der Waals surface area contributed by atoms with Crippen LogP contribution < -0.4 is 0 Å². The Morgan fingerprint density at radius 3 is 2.62 bits per heavy atom. The Balaban J connectivity index is 2.11. The zero-order valence-electron chi connectivity index (χ0n) is 13.4. The first kappa shape index (κ1) is 14.8. The van der Waals surface area contributed by atoms with E-state index >= 15 is 0 Å². The second-order valence-electron chi connectivity index (χ2n) is 6.68. The largest absolute Gasteiger partial charge is 0.0806 e. The first-order valence-electron chi connectivity index (χ1n) is 8.33. The molecule has 0 heterocycles. The van der Waals surface area contributed by atoms with E-state index in [2.05, 4.69) is 73.5 Å². The highest BCUT2D eigenvalue weighted by molar-refractivity contribution is 6.17. The molecular formula is C20H25Si. The zero-order valence-corrected chi connectivity index (χ0v) is 14.4. The molecule has 2 aliphatic rings. The first-order chi connectivity index (χ1) is 10.1. The third kappa shape index (κ3) is 2.26. The van der Waals surface area contributed by atoms with E-state index in [1.54, 1.807) is 5.56 Å². The Morgan fingerprint density at radius 2 is 1.90 bits per heavy atom. The summed E-state index contributed by atoms with van der Waals surface area (Å²) >= 11 is 0. The fraction of sp³-hybridized carbons (Fsp3) is 0.500. The van der Waals surface area contributed by atoms with E-state index in [0.29, 0.717) is 11.8 Å². The van der Waals surface area contributed by atoms with E-state index in [9.17, 15) is 0 Å². The molecule has 0 spiro atoms. The molecule has 0 bridgehead atoms. The van der Waals surface area contributed by atoms with Gasteiger partial charge in [-0.15, -0.1) is 0 Å². The fourth-order valence-electron chi connectivity index (χ4n) is 4.53. The number of aryl methyl sites for hydroxylation is 1. The smallest absolute Gasteiger partial charge is 0.0387 e. The summed E-state index contributed by atoms with van der Waals surface area (Å²) in [5.74, 6) is 1.97. The standard InChI is InChI=1S/C20H25Si/c1-4-15-9-8-12-18(16(15)5-2)20(21)13-14(3)17-10-6-7-11-19(17)20/h6-12,14,17,19H,4-5,13H2,1-3H3. The molecule has 1 saturated carbocycles. The summed E-state index contributed by atoms with van der Waals surface area (Å²) in [7, 11) is 4.27. The summed E-state index contributed by atoms with van der Waals surface area (Å²) in [5, 5.41) is 0.0991. The van der Waals surface area contributed by atoms with Gasteiger partial charge in [-0.2, -0.15) is 0 Å². The van der Waals surface area contributed by atoms with Crippen LogP contribution in [0.1, 0.15) is 43.9 Å². The minimum Gasteiger partial charge on any atom is -0.0806 e. The summed E-state index contributed by atoms with van der Waals surface area (Å²) in [4.78, 5) is 0. The van der Waals surface area contributed by atoms with Gasteiger partial charge in [-0.3, -0.25) is 0 Å². The zero-order chi connectivity index (χ0) is 15.0. The van der Waals surface area contributed by atoms with Crippen molar-refractivity contribution in [2.45, 2.75) is 45.1 Å². The summed E-state index contributed by atoms with van der Waals surface area (Å²) in [6.45, 7) is 6.96. The lowest BCUT2D eigenvalue weighted by Gasteiger charge is -2.35. The Hall–Kier alpha value is -1.08. The Labute approximate surface area is 132 Å².